The van der Waals surface area contributed by atoms with Gasteiger partial charge in [-0.2, -0.15) is 0 Å². The van der Waals surface area contributed by atoms with E-state index in [0.29, 0.717) is 38.2 Å². The fourth-order valence-corrected chi connectivity index (χ4v) is 4.57. The third kappa shape index (κ3) is 4.79. The molecule has 0 aromatic heterocycles. The van der Waals surface area contributed by atoms with Crippen molar-refractivity contribution < 1.29 is 23.9 Å². The predicted molar refractivity (Wildman–Crippen MR) is 132 cm³/mol. The van der Waals surface area contributed by atoms with Crippen LogP contribution in [0.15, 0.2) is 36.4 Å². The Morgan fingerprint density at radius 2 is 1.85 bits per heavy atom. The number of hydrogen-bond acceptors (Lipinski definition) is 5. The Hall–Kier alpha value is -3.35. The molecule has 0 N–H and O–H groups in total. The number of benzene rings is 2. The second kappa shape index (κ2) is 9.49. The van der Waals surface area contributed by atoms with Crippen LogP contribution in [0.2, 0.25) is 0 Å². The van der Waals surface area contributed by atoms with Crippen LogP contribution in [0.4, 0.5) is 10.5 Å². The van der Waals surface area contributed by atoms with Gasteiger partial charge in [-0.15, -0.1) is 0 Å². The Balaban J connectivity index is 1.55. The monoisotopic (exact) mass is 464 g/mol. The molecule has 0 saturated heterocycles. The summed E-state index contributed by atoms with van der Waals surface area (Å²) in [5.74, 6) is -0.271. The number of amides is 2. The Morgan fingerprint density at radius 3 is 2.53 bits per heavy atom. The van der Waals surface area contributed by atoms with E-state index in [1.807, 2.05) is 51.1 Å². The van der Waals surface area contributed by atoms with Crippen molar-refractivity contribution in [3.8, 4) is 0 Å². The highest BCUT2D eigenvalue weighted by molar-refractivity contribution is 6.26. The van der Waals surface area contributed by atoms with Gasteiger partial charge in [-0.3, -0.25) is 9.59 Å². The molecule has 0 bridgehead atoms. The van der Waals surface area contributed by atoms with Gasteiger partial charge in [0.25, 0.3) is 5.91 Å². The number of carbonyl (C=O) groups is 3. The highest BCUT2D eigenvalue weighted by Crippen LogP contribution is 2.41. The van der Waals surface area contributed by atoms with Crippen LogP contribution in [0, 0.1) is 0 Å². The van der Waals surface area contributed by atoms with Crippen LogP contribution in [0.3, 0.4) is 0 Å². The van der Waals surface area contributed by atoms with Gasteiger partial charge in [0.05, 0.1) is 12.3 Å². The molecule has 0 spiro atoms. The zero-order valence-electron chi connectivity index (χ0n) is 20.3. The number of anilines is 1. The lowest BCUT2D eigenvalue weighted by Crippen LogP contribution is -2.39. The molecule has 7 nitrogen and oxygen atoms in total. The highest BCUT2D eigenvalue weighted by atomic mass is 16.6. The summed E-state index contributed by atoms with van der Waals surface area (Å²) in [5, 5.41) is 1.99. The van der Waals surface area contributed by atoms with Crippen molar-refractivity contribution >= 4 is 40.0 Å². The van der Waals surface area contributed by atoms with Crippen molar-refractivity contribution in [2.75, 3.05) is 31.1 Å². The lowest BCUT2D eigenvalue weighted by atomic mass is 9.92. The van der Waals surface area contributed by atoms with Gasteiger partial charge in [-0.1, -0.05) is 24.3 Å². The topological polar surface area (TPSA) is 76.2 Å². The molecule has 0 atom stereocenters. The molecule has 2 aromatic rings. The first-order chi connectivity index (χ1) is 16.2. The van der Waals surface area contributed by atoms with Gasteiger partial charge in [0, 0.05) is 37.0 Å². The molecule has 34 heavy (non-hydrogen) atoms. The summed E-state index contributed by atoms with van der Waals surface area (Å²) in [6.45, 7) is 9.29. The highest BCUT2D eigenvalue weighted by Gasteiger charge is 2.31. The van der Waals surface area contributed by atoms with Crippen LogP contribution in [-0.4, -0.2) is 54.7 Å². The van der Waals surface area contributed by atoms with E-state index in [1.54, 1.807) is 16.7 Å². The second-order valence-electron chi connectivity index (χ2n) is 9.63. The molecule has 180 valence electrons. The number of nitrogens with zero attached hydrogens (tertiary/aromatic N) is 2. The Kier molecular flexibility index (Phi) is 6.64. The Bertz CT molecular complexity index is 1160. The molecule has 2 amide bonds. The first kappa shape index (κ1) is 23.8. The van der Waals surface area contributed by atoms with Crippen molar-refractivity contribution in [1.82, 2.24) is 4.90 Å². The molecular formula is C27H32N2O5. The lowest BCUT2D eigenvalue weighted by molar-refractivity contribution is -0.143. The minimum absolute atomic E-state index is 0.0321. The third-order valence-corrected chi connectivity index (χ3v) is 6.06. The maximum atomic E-state index is 13.1. The second-order valence-corrected chi connectivity index (χ2v) is 9.63. The number of carbonyl (C=O) groups excluding carboxylic acids is 3. The van der Waals surface area contributed by atoms with Gasteiger partial charge in [0.15, 0.2) is 0 Å². The summed E-state index contributed by atoms with van der Waals surface area (Å²) in [6.07, 6.45) is 3.33. The number of ether oxygens (including phenoxy) is 2. The molecule has 7 heteroatoms. The molecule has 2 aliphatic rings. The normalized spacial score (nSPS) is 15.5. The summed E-state index contributed by atoms with van der Waals surface area (Å²) < 4.78 is 10.5. The molecule has 4 rings (SSSR count). The van der Waals surface area contributed by atoms with E-state index in [9.17, 15) is 14.4 Å². The minimum Gasteiger partial charge on any atom is -0.466 e. The van der Waals surface area contributed by atoms with Crippen molar-refractivity contribution in [3.05, 3.63) is 47.5 Å². The summed E-state index contributed by atoms with van der Waals surface area (Å²) >= 11 is 0. The van der Waals surface area contributed by atoms with Gasteiger partial charge in [0.2, 0.25) is 0 Å². The van der Waals surface area contributed by atoms with Crippen LogP contribution in [0.5, 0.6) is 0 Å². The van der Waals surface area contributed by atoms with Gasteiger partial charge in [-0.25, -0.2) is 4.79 Å². The Morgan fingerprint density at radius 1 is 1.09 bits per heavy atom. The molecule has 2 heterocycles. The summed E-state index contributed by atoms with van der Waals surface area (Å²) in [7, 11) is 0. The quantitative estimate of drug-likeness (QED) is 0.552. The van der Waals surface area contributed by atoms with Gasteiger partial charge >= 0.3 is 12.1 Å². The van der Waals surface area contributed by atoms with Crippen LogP contribution >= 0.6 is 0 Å². The Labute approximate surface area is 200 Å². The van der Waals surface area contributed by atoms with Crippen LogP contribution in [0.25, 0.3) is 16.3 Å². The number of rotatable bonds is 6. The van der Waals surface area contributed by atoms with Gasteiger partial charge in [-0.05, 0) is 69.2 Å². The zero-order chi connectivity index (χ0) is 24.5. The summed E-state index contributed by atoms with van der Waals surface area (Å²) in [4.78, 5) is 40.7. The van der Waals surface area contributed by atoms with E-state index in [1.165, 1.54) is 0 Å². The summed E-state index contributed by atoms with van der Waals surface area (Å²) in [5.41, 5.74) is 3.31. The molecule has 2 aromatic carbocycles. The van der Waals surface area contributed by atoms with E-state index >= 15 is 0 Å². The summed E-state index contributed by atoms with van der Waals surface area (Å²) in [6, 6.07) is 9.89. The van der Waals surface area contributed by atoms with E-state index < -0.39 is 5.60 Å². The van der Waals surface area contributed by atoms with Gasteiger partial charge < -0.3 is 19.3 Å². The van der Waals surface area contributed by atoms with Crippen molar-refractivity contribution in [3.63, 3.8) is 0 Å². The molecule has 0 radical (unpaired) electrons. The lowest BCUT2D eigenvalue weighted by Gasteiger charge is -2.30. The van der Waals surface area contributed by atoms with Crippen LogP contribution in [-0.2, 0) is 14.3 Å². The van der Waals surface area contributed by atoms with Crippen LogP contribution in [0.1, 0.15) is 62.9 Å². The first-order valence-corrected chi connectivity index (χ1v) is 11.9. The maximum absolute atomic E-state index is 13.1. The van der Waals surface area contributed by atoms with Crippen molar-refractivity contribution in [1.29, 1.82) is 0 Å². The minimum atomic E-state index is -0.520. The molecular weight excluding hydrogens is 432 g/mol. The number of esters is 1. The third-order valence-electron chi connectivity index (χ3n) is 6.06. The molecule has 0 aliphatic carbocycles. The average molecular weight is 465 g/mol. The smallest absolute Gasteiger partial charge is 0.410 e. The standard InChI is InChI=1S/C27H32N2O5/c1-5-33-23(30)10-7-15-29-22-9-6-8-20-19(11-12-21(24(20)22)25(29)31)18-13-16-28(17-14-18)26(32)34-27(2,3)4/h6,8-9,11-13H,5,7,10,14-17H2,1-4H3. The largest absolute Gasteiger partial charge is 0.466 e. The van der Waals surface area contributed by atoms with E-state index in [-0.39, 0.29) is 24.4 Å². The van der Waals surface area contributed by atoms with Gasteiger partial charge in [0.1, 0.15) is 5.60 Å². The SMILES string of the molecule is CCOC(=O)CCCN1C(=O)c2ccc(C3=CCN(C(=O)OC(C)(C)C)CC3)c3cccc1c23. The predicted octanol–water partition coefficient (Wildman–Crippen LogP) is 5.17. The molecule has 0 fully saturated rings. The first-order valence-electron chi connectivity index (χ1n) is 11.9. The van der Waals surface area contributed by atoms with E-state index in [4.69, 9.17) is 9.47 Å². The van der Waals surface area contributed by atoms with E-state index in [0.717, 1.165) is 34.0 Å². The molecule has 0 saturated carbocycles. The van der Waals surface area contributed by atoms with E-state index in [2.05, 4.69) is 6.08 Å². The van der Waals surface area contributed by atoms with Crippen molar-refractivity contribution in [2.24, 2.45) is 0 Å². The number of hydrogen-bond donors (Lipinski definition) is 0. The van der Waals surface area contributed by atoms with Crippen molar-refractivity contribution in [2.45, 2.75) is 52.6 Å². The van der Waals surface area contributed by atoms with Crippen LogP contribution < -0.4 is 4.90 Å². The fraction of sp³-hybridized carbons (Fsp3) is 0.444. The zero-order valence-corrected chi connectivity index (χ0v) is 20.3. The molecule has 0 unspecified atom stereocenters. The maximum Gasteiger partial charge on any atom is 0.410 e. The molecule has 2 aliphatic heterocycles. The fourth-order valence-electron chi connectivity index (χ4n) is 4.57. The average Bonchev–Trinajstić information content (AvgIpc) is 3.06.